The molecule has 112 valence electrons. The van der Waals surface area contributed by atoms with Crippen molar-refractivity contribution < 1.29 is 0 Å². The van der Waals surface area contributed by atoms with Gasteiger partial charge in [-0.15, -0.1) is 0 Å². The molecular formula is C16H21ClN4. The van der Waals surface area contributed by atoms with Gasteiger partial charge in [0.1, 0.15) is 0 Å². The van der Waals surface area contributed by atoms with Crippen LogP contribution in [0.1, 0.15) is 5.56 Å². The van der Waals surface area contributed by atoms with Crippen LogP contribution in [0, 0.1) is 6.92 Å². The third-order valence-electron chi connectivity index (χ3n) is 3.97. The molecule has 5 heteroatoms. The molecule has 0 radical (unpaired) electrons. The maximum absolute atomic E-state index is 6.27. The molecule has 0 bridgehead atoms. The van der Waals surface area contributed by atoms with Gasteiger partial charge in [0.2, 0.25) is 0 Å². The largest absolute Gasteiger partial charge is 0.368 e. The van der Waals surface area contributed by atoms with E-state index in [-0.39, 0.29) is 0 Å². The molecule has 0 aliphatic carbocycles. The summed E-state index contributed by atoms with van der Waals surface area (Å²) in [4.78, 5) is 4.86. The number of hydrogen-bond donors (Lipinski definition) is 0. The smallest absolute Gasteiger partial charge is 0.0639 e. The molecule has 0 N–H and O–H groups in total. The molecule has 1 fully saturated rings. The number of piperazine rings is 1. The van der Waals surface area contributed by atoms with Gasteiger partial charge in [0.15, 0.2) is 0 Å². The molecule has 3 rings (SSSR count). The Morgan fingerprint density at radius 2 is 1.86 bits per heavy atom. The van der Waals surface area contributed by atoms with E-state index in [9.17, 15) is 0 Å². The second-order valence-corrected chi connectivity index (χ2v) is 5.97. The van der Waals surface area contributed by atoms with Crippen molar-refractivity contribution in [2.45, 2.75) is 13.5 Å². The molecule has 4 nitrogen and oxygen atoms in total. The van der Waals surface area contributed by atoms with Crippen LogP contribution in [0.25, 0.3) is 0 Å². The highest BCUT2D eigenvalue weighted by Crippen LogP contribution is 2.25. The summed E-state index contributed by atoms with van der Waals surface area (Å²) in [6, 6.07) is 8.09. The lowest BCUT2D eigenvalue weighted by Crippen LogP contribution is -2.47. The second-order valence-electron chi connectivity index (χ2n) is 5.56. The summed E-state index contributed by atoms with van der Waals surface area (Å²) < 4.78 is 2.02. The average Bonchev–Trinajstić information content (AvgIpc) is 2.92. The average molecular weight is 305 g/mol. The molecule has 1 aromatic heterocycles. The van der Waals surface area contributed by atoms with E-state index in [2.05, 4.69) is 34.1 Å². The summed E-state index contributed by atoms with van der Waals surface area (Å²) in [5, 5.41) is 5.18. The second kappa shape index (κ2) is 6.50. The summed E-state index contributed by atoms with van der Waals surface area (Å²) in [5.74, 6) is 0. The molecule has 1 saturated heterocycles. The number of nitrogens with zero attached hydrogens (tertiary/aromatic N) is 4. The Morgan fingerprint density at radius 1 is 1.10 bits per heavy atom. The van der Waals surface area contributed by atoms with Gasteiger partial charge in [-0.3, -0.25) is 9.58 Å². The fraction of sp³-hybridized carbons (Fsp3) is 0.438. The van der Waals surface area contributed by atoms with Crippen LogP contribution in [0.3, 0.4) is 0 Å². The summed E-state index contributed by atoms with van der Waals surface area (Å²) in [7, 11) is 0. The lowest BCUT2D eigenvalue weighted by Gasteiger charge is -2.36. The maximum Gasteiger partial charge on any atom is 0.0639 e. The van der Waals surface area contributed by atoms with Gasteiger partial charge in [-0.25, -0.2) is 0 Å². The van der Waals surface area contributed by atoms with Crippen molar-refractivity contribution in [2.75, 3.05) is 37.6 Å². The number of rotatable bonds is 4. The van der Waals surface area contributed by atoms with E-state index >= 15 is 0 Å². The van der Waals surface area contributed by atoms with Crippen LogP contribution < -0.4 is 4.90 Å². The van der Waals surface area contributed by atoms with E-state index in [1.807, 2.05) is 29.1 Å². The number of aryl methyl sites for hydroxylation is 1. The first-order chi connectivity index (χ1) is 10.2. The zero-order valence-corrected chi connectivity index (χ0v) is 13.1. The van der Waals surface area contributed by atoms with Crippen LogP contribution in [0.15, 0.2) is 36.7 Å². The molecule has 2 heterocycles. The highest BCUT2D eigenvalue weighted by Gasteiger charge is 2.18. The first-order valence-corrected chi connectivity index (χ1v) is 7.81. The van der Waals surface area contributed by atoms with Crippen LogP contribution in [-0.4, -0.2) is 47.4 Å². The zero-order valence-electron chi connectivity index (χ0n) is 12.4. The minimum absolute atomic E-state index is 0.845. The summed E-state index contributed by atoms with van der Waals surface area (Å²) in [6.45, 7) is 8.30. The van der Waals surface area contributed by atoms with E-state index < -0.39 is 0 Å². The Morgan fingerprint density at radius 3 is 2.52 bits per heavy atom. The van der Waals surface area contributed by atoms with Crippen LogP contribution in [-0.2, 0) is 6.54 Å². The topological polar surface area (TPSA) is 24.3 Å². The standard InChI is InChI=1S/C16H21ClN4/c1-14-12-18-21(13-14)11-8-19-6-9-20(10-7-19)16-5-3-2-4-15(16)17/h2-5,12-13H,6-11H2,1H3. The Balaban J connectivity index is 1.50. The molecule has 2 aromatic rings. The van der Waals surface area contributed by atoms with Gasteiger partial charge in [0.25, 0.3) is 0 Å². The van der Waals surface area contributed by atoms with Crippen molar-refractivity contribution in [3.63, 3.8) is 0 Å². The summed E-state index contributed by atoms with van der Waals surface area (Å²) in [6.07, 6.45) is 4.01. The van der Waals surface area contributed by atoms with Gasteiger partial charge in [0, 0.05) is 38.9 Å². The van der Waals surface area contributed by atoms with E-state index in [0.29, 0.717) is 0 Å². The predicted octanol–water partition coefficient (Wildman–Crippen LogP) is 2.67. The van der Waals surface area contributed by atoms with E-state index in [4.69, 9.17) is 11.6 Å². The van der Waals surface area contributed by atoms with Crippen LogP contribution in [0.2, 0.25) is 5.02 Å². The maximum atomic E-state index is 6.27. The van der Waals surface area contributed by atoms with Gasteiger partial charge >= 0.3 is 0 Å². The molecule has 0 spiro atoms. The fourth-order valence-corrected chi connectivity index (χ4v) is 3.01. The fourth-order valence-electron chi connectivity index (χ4n) is 2.75. The third kappa shape index (κ3) is 3.57. The molecule has 1 aliphatic rings. The SMILES string of the molecule is Cc1cnn(CCN2CCN(c3ccccc3Cl)CC2)c1. The van der Waals surface area contributed by atoms with Crippen molar-refractivity contribution in [1.29, 1.82) is 0 Å². The number of halogens is 1. The Labute approximate surface area is 130 Å². The van der Waals surface area contributed by atoms with Gasteiger partial charge in [0.05, 0.1) is 23.5 Å². The number of para-hydroxylation sites is 1. The lowest BCUT2D eigenvalue weighted by molar-refractivity contribution is 0.244. The lowest BCUT2D eigenvalue weighted by atomic mass is 10.2. The molecule has 0 unspecified atom stereocenters. The highest BCUT2D eigenvalue weighted by atomic mass is 35.5. The van der Waals surface area contributed by atoms with Crippen LogP contribution >= 0.6 is 11.6 Å². The first-order valence-electron chi connectivity index (χ1n) is 7.43. The molecule has 0 amide bonds. The molecule has 1 aliphatic heterocycles. The first kappa shape index (κ1) is 14.4. The Kier molecular flexibility index (Phi) is 4.46. The predicted molar refractivity (Wildman–Crippen MR) is 87.1 cm³/mol. The number of anilines is 1. The molecule has 0 saturated carbocycles. The molecule has 1 aromatic carbocycles. The third-order valence-corrected chi connectivity index (χ3v) is 4.29. The summed E-state index contributed by atoms with van der Waals surface area (Å²) in [5.41, 5.74) is 2.38. The Hall–Kier alpha value is -1.52. The summed E-state index contributed by atoms with van der Waals surface area (Å²) >= 11 is 6.27. The number of hydrogen-bond acceptors (Lipinski definition) is 3. The van der Waals surface area contributed by atoms with E-state index in [1.54, 1.807) is 0 Å². The minimum Gasteiger partial charge on any atom is -0.368 e. The number of aromatic nitrogens is 2. The van der Waals surface area contributed by atoms with Crippen molar-refractivity contribution in [2.24, 2.45) is 0 Å². The number of benzene rings is 1. The normalized spacial score (nSPS) is 16.4. The Bertz CT molecular complexity index is 587. The van der Waals surface area contributed by atoms with Gasteiger partial charge in [-0.2, -0.15) is 5.10 Å². The van der Waals surface area contributed by atoms with Crippen molar-refractivity contribution in [1.82, 2.24) is 14.7 Å². The van der Waals surface area contributed by atoms with Crippen LogP contribution in [0.5, 0.6) is 0 Å². The van der Waals surface area contributed by atoms with Gasteiger partial charge < -0.3 is 4.90 Å². The molecule has 0 atom stereocenters. The van der Waals surface area contributed by atoms with Crippen molar-refractivity contribution in [3.05, 3.63) is 47.2 Å². The highest BCUT2D eigenvalue weighted by molar-refractivity contribution is 6.33. The molecule has 21 heavy (non-hydrogen) atoms. The van der Waals surface area contributed by atoms with Crippen molar-refractivity contribution in [3.8, 4) is 0 Å². The quantitative estimate of drug-likeness (QED) is 0.868. The van der Waals surface area contributed by atoms with Gasteiger partial charge in [-0.05, 0) is 24.6 Å². The van der Waals surface area contributed by atoms with Crippen molar-refractivity contribution >= 4 is 17.3 Å². The molecular weight excluding hydrogens is 284 g/mol. The van der Waals surface area contributed by atoms with Gasteiger partial charge in [-0.1, -0.05) is 23.7 Å². The van der Waals surface area contributed by atoms with Crippen LogP contribution in [0.4, 0.5) is 5.69 Å². The van der Waals surface area contributed by atoms with E-state index in [0.717, 1.165) is 50.0 Å². The monoisotopic (exact) mass is 304 g/mol. The minimum atomic E-state index is 0.845. The van der Waals surface area contributed by atoms with E-state index in [1.165, 1.54) is 5.56 Å². The zero-order chi connectivity index (χ0) is 14.7.